The zero-order valence-corrected chi connectivity index (χ0v) is 10.4. The number of nitrogens with one attached hydrogen (secondary N) is 1. The topological polar surface area (TPSA) is 68.4 Å². The number of aliphatic imine (C=N–C) groups is 1. The lowest BCUT2D eigenvalue weighted by molar-refractivity contribution is 0.471. The molecule has 1 rings (SSSR count). The van der Waals surface area contributed by atoms with Crippen molar-refractivity contribution in [2.75, 3.05) is 6.26 Å². The van der Waals surface area contributed by atoms with Crippen molar-refractivity contribution in [3.8, 4) is 11.9 Å². The van der Waals surface area contributed by atoms with Crippen LogP contribution in [0, 0.1) is 18.4 Å². The number of nitriles is 1. The van der Waals surface area contributed by atoms with Crippen LogP contribution in [0.1, 0.15) is 5.56 Å². The van der Waals surface area contributed by atoms with Gasteiger partial charge in [-0.1, -0.05) is 23.4 Å². The van der Waals surface area contributed by atoms with Gasteiger partial charge in [-0.25, -0.2) is 4.99 Å². The van der Waals surface area contributed by atoms with Gasteiger partial charge in [-0.2, -0.15) is 5.26 Å². The van der Waals surface area contributed by atoms with Crippen molar-refractivity contribution in [2.24, 2.45) is 4.99 Å². The molecule has 2 N–H and O–H groups in total. The van der Waals surface area contributed by atoms with Crippen molar-refractivity contribution in [3.63, 3.8) is 0 Å². The molecule has 0 amide bonds. The first-order valence-corrected chi connectivity index (χ1v) is 5.95. The Morgan fingerprint density at radius 2 is 2.31 bits per heavy atom. The van der Waals surface area contributed by atoms with Crippen LogP contribution in [-0.2, 0) is 0 Å². The quantitative estimate of drug-likeness (QED) is 0.350. The summed E-state index contributed by atoms with van der Waals surface area (Å²) in [6, 6.07) is 3.09. The number of amidine groups is 1. The van der Waals surface area contributed by atoms with Crippen molar-refractivity contribution in [2.45, 2.75) is 6.92 Å². The first-order valence-electron chi connectivity index (χ1n) is 4.35. The normalized spacial score (nSPS) is 11.0. The molecule has 0 saturated heterocycles. The molecule has 0 aliphatic heterocycles. The maximum Gasteiger partial charge on any atom is 0.183 e. The first kappa shape index (κ1) is 12.7. The maximum absolute atomic E-state index is 9.52. The minimum absolute atomic E-state index is 0.126. The number of hydrogen-bond acceptors (Lipinski definition) is 4. The second kappa shape index (κ2) is 5.64. The predicted molar refractivity (Wildman–Crippen MR) is 67.2 cm³/mol. The Labute approximate surface area is 103 Å². The van der Waals surface area contributed by atoms with E-state index in [1.54, 1.807) is 25.4 Å². The SMILES string of the molecule is CSC(=Nc1cc(O)c(C)cc1Cl)NC#N. The number of aryl methyl sites for hydroxylation is 1. The molecule has 0 bridgehead atoms. The maximum atomic E-state index is 9.52. The lowest BCUT2D eigenvalue weighted by Crippen LogP contribution is -2.12. The van der Waals surface area contributed by atoms with E-state index in [4.69, 9.17) is 16.9 Å². The minimum atomic E-state index is 0.126. The smallest absolute Gasteiger partial charge is 0.183 e. The van der Waals surface area contributed by atoms with E-state index in [9.17, 15) is 5.11 Å². The van der Waals surface area contributed by atoms with Gasteiger partial charge in [-0.05, 0) is 24.8 Å². The molecule has 0 heterocycles. The molecule has 1 aromatic rings. The number of halogens is 1. The average Bonchev–Trinajstić information content (AvgIpc) is 2.25. The summed E-state index contributed by atoms with van der Waals surface area (Å²) in [6.45, 7) is 1.75. The summed E-state index contributed by atoms with van der Waals surface area (Å²) >= 11 is 7.25. The average molecular weight is 256 g/mol. The third-order valence-electron chi connectivity index (χ3n) is 1.84. The molecule has 0 aliphatic carbocycles. The van der Waals surface area contributed by atoms with Gasteiger partial charge in [0.25, 0.3) is 0 Å². The molecule has 0 radical (unpaired) electrons. The molecule has 0 saturated carbocycles. The Bertz CT molecular complexity index is 468. The fourth-order valence-corrected chi connectivity index (χ4v) is 1.62. The van der Waals surface area contributed by atoms with Crippen LogP contribution in [0.15, 0.2) is 17.1 Å². The van der Waals surface area contributed by atoms with Crippen LogP contribution in [0.5, 0.6) is 5.75 Å². The van der Waals surface area contributed by atoms with Crippen molar-refractivity contribution in [3.05, 3.63) is 22.7 Å². The van der Waals surface area contributed by atoms with Crippen molar-refractivity contribution < 1.29 is 5.11 Å². The Morgan fingerprint density at radius 1 is 1.62 bits per heavy atom. The number of rotatable bonds is 1. The molecule has 4 nitrogen and oxygen atoms in total. The number of aromatic hydroxyl groups is 1. The number of benzene rings is 1. The standard InChI is InChI=1S/C10H10ClN3OS/c1-6-3-7(11)8(4-9(6)15)14-10(16-2)13-5-12/h3-4,15H,1-2H3,(H,13,14). The van der Waals surface area contributed by atoms with Gasteiger partial charge in [-0.3, -0.25) is 5.32 Å². The van der Waals surface area contributed by atoms with Gasteiger partial charge in [-0.15, -0.1) is 0 Å². The summed E-state index contributed by atoms with van der Waals surface area (Å²) in [4.78, 5) is 4.12. The molecule has 0 aliphatic rings. The summed E-state index contributed by atoms with van der Waals surface area (Å²) in [6.07, 6.45) is 3.56. The highest BCUT2D eigenvalue weighted by Crippen LogP contribution is 2.32. The third-order valence-corrected chi connectivity index (χ3v) is 2.73. The van der Waals surface area contributed by atoms with E-state index in [0.29, 0.717) is 21.4 Å². The number of nitrogens with zero attached hydrogens (tertiary/aromatic N) is 2. The van der Waals surface area contributed by atoms with E-state index < -0.39 is 0 Å². The van der Waals surface area contributed by atoms with Gasteiger partial charge in [0.2, 0.25) is 0 Å². The number of phenolic OH excluding ortho intramolecular Hbond substituents is 1. The summed E-state index contributed by atoms with van der Waals surface area (Å²) in [5.74, 6) is 0.126. The van der Waals surface area contributed by atoms with Crippen molar-refractivity contribution in [1.29, 1.82) is 5.26 Å². The Hall–Kier alpha value is -1.38. The minimum Gasteiger partial charge on any atom is -0.508 e. The van der Waals surface area contributed by atoms with Crippen LogP contribution < -0.4 is 5.32 Å². The summed E-state index contributed by atoms with van der Waals surface area (Å²) in [7, 11) is 0. The fourth-order valence-electron chi connectivity index (χ4n) is 1.02. The number of thioether (sulfide) groups is 1. The van der Waals surface area contributed by atoms with Gasteiger partial charge in [0.15, 0.2) is 11.4 Å². The lowest BCUT2D eigenvalue weighted by Gasteiger charge is -2.04. The number of hydrogen-bond donors (Lipinski definition) is 2. The number of phenols is 1. The van der Waals surface area contributed by atoms with E-state index in [0.717, 1.165) is 0 Å². The third kappa shape index (κ3) is 3.05. The Kier molecular flexibility index (Phi) is 4.47. The Morgan fingerprint density at radius 3 is 2.88 bits per heavy atom. The molecule has 0 fully saturated rings. The Balaban J connectivity index is 3.14. The van der Waals surface area contributed by atoms with E-state index in [1.807, 2.05) is 0 Å². The molecule has 0 spiro atoms. The zero-order valence-electron chi connectivity index (χ0n) is 8.78. The molecule has 1 aromatic carbocycles. The lowest BCUT2D eigenvalue weighted by atomic mass is 10.2. The van der Waals surface area contributed by atoms with Crippen LogP contribution in [-0.4, -0.2) is 16.5 Å². The molecule has 0 aromatic heterocycles. The zero-order chi connectivity index (χ0) is 12.1. The largest absolute Gasteiger partial charge is 0.508 e. The fraction of sp³-hybridized carbons (Fsp3) is 0.200. The summed E-state index contributed by atoms with van der Waals surface area (Å²) < 4.78 is 0. The van der Waals surface area contributed by atoms with E-state index in [2.05, 4.69) is 10.3 Å². The first-order chi connectivity index (χ1) is 7.58. The highest BCUT2D eigenvalue weighted by molar-refractivity contribution is 8.13. The van der Waals surface area contributed by atoms with Gasteiger partial charge < -0.3 is 5.11 Å². The van der Waals surface area contributed by atoms with Crippen molar-refractivity contribution >= 4 is 34.2 Å². The molecule has 16 heavy (non-hydrogen) atoms. The van der Waals surface area contributed by atoms with Gasteiger partial charge in [0.05, 0.1) is 10.7 Å². The van der Waals surface area contributed by atoms with Gasteiger partial charge in [0, 0.05) is 6.07 Å². The van der Waals surface area contributed by atoms with Crippen LogP contribution in [0.25, 0.3) is 0 Å². The summed E-state index contributed by atoms with van der Waals surface area (Å²) in [5.41, 5.74) is 1.11. The molecule has 0 atom stereocenters. The summed E-state index contributed by atoms with van der Waals surface area (Å²) in [5, 5.41) is 21.3. The van der Waals surface area contributed by atoms with Crippen LogP contribution in [0.3, 0.4) is 0 Å². The van der Waals surface area contributed by atoms with Gasteiger partial charge in [0.1, 0.15) is 5.75 Å². The van der Waals surface area contributed by atoms with Crippen LogP contribution >= 0.6 is 23.4 Å². The predicted octanol–water partition coefficient (Wildman–Crippen LogP) is 2.78. The molecular weight excluding hydrogens is 246 g/mol. The van der Waals surface area contributed by atoms with E-state index >= 15 is 0 Å². The van der Waals surface area contributed by atoms with Crippen LogP contribution in [0.4, 0.5) is 5.69 Å². The molecule has 84 valence electrons. The molecular formula is C10H10ClN3OS. The highest BCUT2D eigenvalue weighted by atomic mass is 35.5. The van der Waals surface area contributed by atoms with E-state index in [1.165, 1.54) is 17.8 Å². The molecule has 0 unspecified atom stereocenters. The van der Waals surface area contributed by atoms with E-state index in [-0.39, 0.29) is 5.75 Å². The molecule has 6 heteroatoms. The van der Waals surface area contributed by atoms with Gasteiger partial charge >= 0.3 is 0 Å². The second-order valence-corrected chi connectivity index (χ2v) is 4.15. The van der Waals surface area contributed by atoms with Crippen molar-refractivity contribution in [1.82, 2.24) is 5.32 Å². The highest BCUT2D eigenvalue weighted by Gasteiger charge is 2.05. The van der Waals surface area contributed by atoms with Crippen LogP contribution in [0.2, 0.25) is 5.02 Å². The monoisotopic (exact) mass is 255 g/mol. The second-order valence-electron chi connectivity index (χ2n) is 2.95.